The Hall–Kier alpha value is -1.61. The minimum atomic E-state index is -0.764. The van der Waals surface area contributed by atoms with Crippen molar-refractivity contribution in [1.82, 2.24) is 4.48 Å². The van der Waals surface area contributed by atoms with Gasteiger partial charge in [-0.3, -0.25) is 0 Å². The highest BCUT2D eigenvalue weighted by molar-refractivity contribution is 6.02. The number of carboxylic acids is 1. The molecule has 0 bridgehead atoms. The number of hydrogen-bond acceptors (Lipinski definition) is 1. The summed E-state index contributed by atoms with van der Waals surface area (Å²) in [5.74, 6) is 0.466. The second kappa shape index (κ2) is 2.86. The van der Waals surface area contributed by atoms with Crippen molar-refractivity contribution in [3.05, 3.63) is 35.5 Å². The van der Waals surface area contributed by atoms with Gasteiger partial charge >= 0.3 is 5.97 Å². The summed E-state index contributed by atoms with van der Waals surface area (Å²) in [6.07, 6.45) is 1.87. The van der Waals surface area contributed by atoms with Gasteiger partial charge in [0.2, 0.25) is 5.70 Å². The fourth-order valence-corrected chi connectivity index (χ4v) is 4.42. The van der Waals surface area contributed by atoms with Crippen LogP contribution in [0.2, 0.25) is 0 Å². The number of hydrogen-bond donors (Lipinski definition) is 1. The van der Waals surface area contributed by atoms with Crippen LogP contribution in [0.1, 0.15) is 19.4 Å². The molecular formula is C15H16NO2+. The number of nitrogens with zero attached hydrogens (tertiary/aromatic N) is 1. The molecule has 2 aliphatic heterocycles. The lowest BCUT2D eigenvalue weighted by atomic mass is 9.77. The zero-order chi connectivity index (χ0) is 12.7. The molecule has 1 aromatic carbocycles. The van der Waals surface area contributed by atoms with Crippen LogP contribution in [0.4, 0.5) is 5.69 Å². The van der Waals surface area contributed by atoms with Gasteiger partial charge in [-0.25, -0.2) is 9.28 Å². The average molecular weight is 242 g/mol. The van der Waals surface area contributed by atoms with Gasteiger partial charge in [-0.1, -0.05) is 26.0 Å². The molecule has 1 aliphatic carbocycles. The molecule has 1 N–H and O–H groups in total. The summed E-state index contributed by atoms with van der Waals surface area (Å²) >= 11 is 0. The van der Waals surface area contributed by atoms with Crippen LogP contribution in [0.5, 0.6) is 0 Å². The largest absolute Gasteiger partial charge is 0.474 e. The van der Waals surface area contributed by atoms with E-state index in [1.165, 1.54) is 5.69 Å². The van der Waals surface area contributed by atoms with Crippen LogP contribution in [-0.4, -0.2) is 23.2 Å². The normalized spacial score (nSPS) is 42.9. The molecule has 92 valence electrons. The van der Waals surface area contributed by atoms with E-state index in [9.17, 15) is 9.90 Å². The zero-order valence-corrected chi connectivity index (χ0v) is 10.5. The fourth-order valence-electron chi connectivity index (χ4n) is 4.42. The van der Waals surface area contributed by atoms with E-state index in [2.05, 4.69) is 19.9 Å². The predicted octanol–water partition coefficient (Wildman–Crippen LogP) is 2.47. The highest BCUT2D eigenvalue weighted by atomic mass is 16.4. The van der Waals surface area contributed by atoms with Gasteiger partial charge in [-0.2, -0.15) is 0 Å². The van der Waals surface area contributed by atoms with E-state index in [0.717, 1.165) is 5.56 Å². The van der Waals surface area contributed by atoms with Crippen LogP contribution in [-0.2, 0) is 4.79 Å². The molecule has 1 aromatic rings. The van der Waals surface area contributed by atoms with E-state index < -0.39 is 5.97 Å². The number of fused-ring (bicyclic) bond motifs is 5. The van der Waals surface area contributed by atoms with Gasteiger partial charge in [0.1, 0.15) is 5.69 Å². The van der Waals surface area contributed by atoms with Crippen LogP contribution in [0.15, 0.2) is 30.0 Å². The molecule has 4 rings (SSSR count). The summed E-state index contributed by atoms with van der Waals surface area (Å²) in [6.45, 7) is 4.50. The third-order valence-corrected chi connectivity index (χ3v) is 5.35. The first-order chi connectivity index (χ1) is 8.60. The molecular weight excluding hydrogens is 226 g/mol. The number of rotatable bonds is 1. The average Bonchev–Trinajstić information content (AvgIpc) is 2.88. The lowest BCUT2D eigenvalue weighted by Crippen LogP contribution is -2.31. The molecule has 1 spiro atoms. The molecule has 3 nitrogen and oxygen atoms in total. The lowest BCUT2D eigenvalue weighted by molar-refractivity contribution is -0.133. The minimum Gasteiger partial charge on any atom is -0.474 e. The van der Waals surface area contributed by atoms with Gasteiger partial charge < -0.3 is 5.11 Å². The Labute approximate surface area is 106 Å². The first kappa shape index (κ1) is 10.3. The maximum absolute atomic E-state index is 11.6. The third-order valence-electron chi connectivity index (χ3n) is 5.35. The first-order valence-corrected chi connectivity index (χ1v) is 6.53. The van der Waals surface area contributed by atoms with Gasteiger partial charge in [0.15, 0.2) is 12.1 Å². The Morgan fingerprint density at radius 3 is 2.39 bits per heavy atom. The maximum atomic E-state index is 11.6. The van der Waals surface area contributed by atoms with Crippen molar-refractivity contribution >= 4 is 17.7 Å². The van der Waals surface area contributed by atoms with Crippen molar-refractivity contribution in [1.29, 1.82) is 0 Å². The number of carbonyl (C=O) groups is 1. The summed E-state index contributed by atoms with van der Waals surface area (Å²) in [6, 6.07) is 9.11. The Bertz CT molecular complexity index is 590. The van der Waals surface area contributed by atoms with E-state index in [4.69, 9.17) is 0 Å². The molecule has 0 amide bonds. The summed E-state index contributed by atoms with van der Waals surface area (Å²) in [5.41, 5.74) is 2.85. The van der Waals surface area contributed by atoms with Crippen LogP contribution < -0.4 is 4.48 Å². The molecule has 0 radical (unpaired) electrons. The number of para-hydroxylation sites is 1. The first-order valence-electron chi connectivity index (χ1n) is 6.53. The van der Waals surface area contributed by atoms with Gasteiger partial charge in [0.25, 0.3) is 0 Å². The monoisotopic (exact) mass is 242 g/mol. The Morgan fingerprint density at radius 1 is 1.17 bits per heavy atom. The predicted molar refractivity (Wildman–Crippen MR) is 69.8 cm³/mol. The highest BCUT2D eigenvalue weighted by Gasteiger charge is 2.84. The van der Waals surface area contributed by atoms with Crippen LogP contribution in [0.3, 0.4) is 0 Å². The number of quaternary nitrogens is 1. The number of carboxylic acid groups (broad SMARTS) is 1. The molecule has 2 heterocycles. The smallest absolute Gasteiger partial charge is 0.390 e. The molecule has 2 fully saturated rings. The van der Waals surface area contributed by atoms with E-state index in [1.807, 2.05) is 24.3 Å². The van der Waals surface area contributed by atoms with Crippen molar-refractivity contribution in [2.75, 3.05) is 0 Å². The van der Waals surface area contributed by atoms with Crippen molar-refractivity contribution in [3.8, 4) is 0 Å². The SMILES string of the molecule is CC1C2C([C@H]1C)[N+]21C(C(=O)O)=Cc2ccccc21. The molecule has 5 atom stereocenters. The fraction of sp³-hybridized carbons (Fsp3) is 0.400. The van der Waals surface area contributed by atoms with E-state index in [0.29, 0.717) is 34.1 Å². The summed E-state index contributed by atoms with van der Waals surface area (Å²) < 4.78 is 0.619. The quantitative estimate of drug-likeness (QED) is 0.606. The van der Waals surface area contributed by atoms with Crippen molar-refractivity contribution < 1.29 is 9.90 Å². The van der Waals surface area contributed by atoms with E-state index in [-0.39, 0.29) is 0 Å². The van der Waals surface area contributed by atoms with E-state index >= 15 is 0 Å². The van der Waals surface area contributed by atoms with Crippen LogP contribution >= 0.6 is 0 Å². The van der Waals surface area contributed by atoms with Crippen molar-refractivity contribution in [2.45, 2.75) is 25.9 Å². The summed E-state index contributed by atoms with van der Waals surface area (Å²) in [5, 5.41) is 9.51. The third kappa shape index (κ3) is 0.841. The Balaban J connectivity index is 1.93. The second-order valence-electron chi connectivity index (χ2n) is 5.87. The molecule has 3 aliphatic rings. The number of aliphatic carboxylic acids is 1. The minimum absolute atomic E-state index is 0.492. The molecule has 1 saturated carbocycles. The van der Waals surface area contributed by atoms with Gasteiger partial charge in [0, 0.05) is 29.5 Å². The highest BCUT2D eigenvalue weighted by Crippen LogP contribution is 2.68. The summed E-state index contributed by atoms with van der Waals surface area (Å²) in [4.78, 5) is 11.6. The Kier molecular flexibility index (Phi) is 1.64. The maximum Gasteiger partial charge on any atom is 0.390 e. The second-order valence-corrected chi connectivity index (χ2v) is 5.87. The molecule has 0 aromatic heterocycles. The lowest BCUT2D eigenvalue weighted by Gasteiger charge is -2.19. The topological polar surface area (TPSA) is 37.3 Å². The van der Waals surface area contributed by atoms with Gasteiger partial charge in [-0.05, 0) is 6.07 Å². The van der Waals surface area contributed by atoms with Crippen molar-refractivity contribution in [3.63, 3.8) is 0 Å². The Morgan fingerprint density at radius 2 is 1.78 bits per heavy atom. The van der Waals surface area contributed by atoms with Crippen LogP contribution in [0.25, 0.3) is 6.08 Å². The standard InChI is InChI=1S/C15H15NO2/c1-8-9(2)14-13(8)16(14)11-6-4-3-5-10(11)7-12(16)15(17)18/h3-9,13-14H,1-2H3/p+1/t8-,9?,13?,14?,16?/m0/s1. The molecule has 3 heteroatoms. The summed E-state index contributed by atoms with van der Waals surface area (Å²) in [7, 11) is 0. The molecule has 1 saturated heterocycles. The molecule has 18 heavy (non-hydrogen) atoms. The molecule has 4 unspecified atom stereocenters. The zero-order valence-electron chi connectivity index (χ0n) is 10.5. The van der Waals surface area contributed by atoms with Gasteiger partial charge in [0.05, 0.1) is 0 Å². The number of benzene rings is 1. The van der Waals surface area contributed by atoms with Crippen LogP contribution in [0, 0.1) is 11.8 Å². The van der Waals surface area contributed by atoms with Gasteiger partial charge in [-0.15, -0.1) is 0 Å². The van der Waals surface area contributed by atoms with E-state index in [1.54, 1.807) is 0 Å². The van der Waals surface area contributed by atoms with Crippen molar-refractivity contribution in [2.24, 2.45) is 11.8 Å².